The smallest absolute Gasteiger partial charge is 0.119 e. The second-order valence-corrected chi connectivity index (χ2v) is 6.15. The summed E-state index contributed by atoms with van der Waals surface area (Å²) in [6, 6.07) is 8.05. The number of ether oxygens (including phenoxy) is 1. The Morgan fingerprint density at radius 1 is 1.43 bits per heavy atom. The first-order valence-electron chi connectivity index (χ1n) is 8.14. The zero-order chi connectivity index (χ0) is 16.4. The van der Waals surface area contributed by atoms with Crippen molar-refractivity contribution in [3.05, 3.63) is 48.7 Å². The van der Waals surface area contributed by atoms with E-state index in [9.17, 15) is 5.11 Å². The van der Waals surface area contributed by atoms with Gasteiger partial charge in [-0.2, -0.15) is 0 Å². The maximum absolute atomic E-state index is 11.0. The van der Waals surface area contributed by atoms with Crippen molar-refractivity contribution < 1.29 is 9.84 Å². The predicted octanol–water partition coefficient (Wildman–Crippen LogP) is 3.32. The maximum atomic E-state index is 11.0. The van der Waals surface area contributed by atoms with Crippen LogP contribution in [0.1, 0.15) is 31.4 Å². The monoisotopic (exact) mass is 312 g/mol. The largest absolute Gasteiger partial charge is 0.497 e. The third-order valence-electron chi connectivity index (χ3n) is 4.90. The molecule has 1 aromatic carbocycles. The Morgan fingerprint density at radius 3 is 3.00 bits per heavy atom. The highest BCUT2D eigenvalue weighted by Crippen LogP contribution is 2.32. The van der Waals surface area contributed by atoms with Crippen LogP contribution < -0.4 is 4.74 Å². The Labute approximate surface area is 137 Å². The molecule has 1 saturated heterocycles. The molecule has 3 rings (SSSR count). The third kappa shape index (κ3) is 2.96. The average molecular weight is 312 g/mol. The lowest BCUT2D eigenvalue weighted by atomic mass is 9.98. The molecule has 0 saturated carbocycles. The fourth-order valence-corrected chi connectivity index (χ4v) is 3.55. The lowest BCUT2D eigenvalue weighted by Crippen LogP contribution is -2.40. The van der Waals surface area contributed by atoms with Crippen molar-refractivity contribution in [3.8, 4) is 5.75 Å². The Bertz CT molecular complexity index is 701. The van der Waals surface area contributed by atoms with Crippen molar-refractivity contribution in [2.24, 2.45) is 0 Å². The maximum Gasteiger partial charge on any atom is 0.119 e. The first-order chi connectivity index (χ1) is 11.2. The fourth-order valence-electron chi connectivity index (χ4n) is 3.55. The van der Waals surface area contributed by atoms with Gasteiger partial charge in [0.2, 0.25) is 0 Å². The van der Waals surface area contributed by atoms with Gasteiger partial charge in [0, 0.05) is 23.7 Å². The molecule has 1 aromatic heterocycles. The summed E-state index contributed by atoms with van der Waals surface area (Å²) in [5.74, 6) is 0.775. The van der Waals surface area contributed by atoms with Crippen molar-refractivity contribution in [2.45, 2.75) is 38.0 Å². The number of methoxy groups -OCH3 is 1. The fraction of sp³-hybridized carbons (Fsp3) is 0.421. The van der Waals surface area contributed by atoms with Crippen LogP contribution in [0, 0.1) is 0 Å². The van der Waals surface area contributed by atoms with E-state index in [-0.39, 0.29) is 6.04 Å². The van der Waals surface area contributed by atoms with Gasteiger partial charge in [0.15, 0.2) is 0 Å². The molecule has 0 spiro atoms. The van der Waals surface area contributed by atoms with Gasteiger partial charge in [-0.05, 0) is 56.1 Å². The standard InChI is InChI=1S/C19H24N2O2/c1-4-14-6-5-11-21(14)13(2)19(22)16-9-10-20-18-8-7-15(23-3)12-17(16)18/h4,7-10,12-14,19,22H,1,5-6,11H2,2-3H3/t13-,14-,19?/m1/s1. The Kier molecular flexibility index (Phi) is 4.64. The van der Waals surface area contributed by atoms with Gasteiger partial charge in [-0.15, -0.1) is 6.58 Å². The van der Waals surface area contributed by atoms with Gasteiger partial charge in [0.1, 0.15) is 5.75 Å². The zero-order valence-electron chi connectivity index (χ0n) is 13.8. The minimum atomic E-state index is -0.576. The van der Waals surface area contributed by atoms with E-state index in [1.54, 1.807) is 13.3 Å². The van der Waals surface area contributed by atoms with Crippen LogP contribution in [0.3, 0.4) is 0 Å². The van der Waals surface area contributed by atoms with Crippen molar-refractivity contribution in [1.82, 2.24) is 9.88 Å². The van der Waals surface area contributed by atoms with Gasteiger partial charge in [-0.25, -0.2) is 0 Å². The molecule has 1 unspecified atom stereocenters. The summed E-state index contributed by atoms with van der Waals surface area (Å²) in [5.41, 5.74) is 1.77. The van der Waals surface area contributed by atoms with Crippen molar-refractivity contribution in [3.63, 3.8) is 0 Å². The van der Waals surface area contributed by atoms with Crippen LogP contribution in [-0.2, 0) is 0 Å². The molecule has 4 nitrogen and oxygen atoms in total. The molecule has 2 aromatic rings. The molecule has 23 heavy (non-hydrogen) atoms. The van der Waals surface area contributed by atoms with E-state index < -0.39 is 6.10 Å². The average Bonchev–Trinajstić information content (AvgIpc) is 3.08. The van der Waals surface area contributed by atoms with Crippen LogP contribution in [0.2, 0.25) is 0 Å². The van der Waals surface area contributed by atoms with Crippen LogP contribution >= 0.6 is 0 Å². The molecular formula is C19H24N2O2. The summed E-state index contributed by atoms with van der Waals surface area (Å²) in [5, 5.41) is 11.9. The molecule has 0 radical (unpaired) electrons. The van der Waals surface area contributed by atoms with E-state index in [0.29, 0.717) is 6.04 Å². The second kappa shape index (κ2) is 6.69. The Balaban J connectivity index is 1.96. The molecule has 0 aliphatic carbocycles. The molecule has 3 atom stereocenters. The number of pyridine rings is 1. The lowest BCUT2D eigenvalue weighted by Gasteiger charge is -2.32. The molecule has 1 N–H and O–H groups in total. The summed E-state index contributed by atoms with van der Waals surface area (Å²) in [6.07, 6.45) is 5.44. The van der Waals surface area contributed by atoms with E-state index in [4.69, 9.17) is 4.74 Å². The summed E-state index contributed by atoms with van der Waals surface area (Å²) < 4.78 is 5.32. The number of rotatable bonds is 5. The molecule has 4 heteroatoms. The zero-order valence-corrected chi connectivity index (χ0v) is 13.8. The van der Waals surface area contributed by atoms with Crippen molar-refractivity contribution in [1.29, 1.82) is 0 Å². The summed E-state index contributed by atoms with van der Waals surface area (Å²) in [4.78, 5) is 6.73. The minimum Gasteiger partial charge on any atom is -0.497 e. The van der Waals surface area contributed by atoms with Crippen LogP contribution in [0.5, 0.6) is 5.75 Å². The van der Waals surface area contributed by atoms with E-state index in [2.05, 4.69) is 23.4 Å². The number of hydrogen-bond acceptors (Lipinski definition) is 4. The van der Waals surface area contributed by atoms with Crippen LogP contribution in [-0.4, -0.2) is 40.7 Å². The third-order valence-corrected chi connectivity index (χ3v) is 4.90. The van der Waals surface area contributed by atoms with Crippen molar-refractivity contribution >= 4 is 10.9 Å². The van der Waals surface area contributed by atoms with Gasteiger partial charge in [0.25, 0.3) is 0 Å². The first-order valence-corrected chi connectivity index (χ1v) is 8.14. The van der Waals surface area contributed by atoms with Crippen molar-refractivity contribution in [2.75, 3.05) is 13.7 Å². The first kappa shape index (κ1) is 16.0. The number of benzene rings is 1. The normalized spacial score (nSPS) is 21.3. The van der Waals surface area contributed by atoms with E-state index in [0.717, 1.165) is 41.6 Å². The van der Waals surface area contributed by atoms with Gasteiger partial charge >= 0.3 is 0 Å². The number of hydrogen-bond donors (Lipinski definition) is 1. The predicted molar refractivity (Wildman–Crippen MR) is 92.6 cm³/mol. The lowest BCUT2D eigenvalue weighted by molar-refractivity contribution is 0.0605. The number of nitrogens with zero attached hydrogens (tertiary/aromatic N) is 2. The molecule has 1 aliphatic heterocycles. The van der Waals surface area contributed by atoms with E-state index >= 15 is 0 Å². The molecule has 122 valence electrons. The number of fused-ring (bicyclic) bond motifs is 1. The number of aliphatic hydroxyl groups excluding tert-OH is 1. The summed E-state index contributed by atoms with van der Waals surface area (Å²) >= 11 is 0. The minimum absolute atomic E-state index is 0.0253. The molecule has 0 bridgehead atoms. The molecular weight excluding hydrogens is 288 g/mol. The topological polar surface area (TPSA) is 45.6 Å². The van der Waals surface area contributed by atoms with E-state index in [1.807, 2.05) is 30.3 Å². The summed E-state index contributed by atoms with van der Waals surface area (Å²) in [6.45, 7) is 7.01. The summed E-state index contributed by atoms with van der Waals surface area (Å²) in [7, 11) is 1.65. The molecule has 1 aliphatic rings. The number of aliphatic hydroxyl groups is 1. The highest BCUT2D eigenvalue weighted by molar-refractivity contribution is 5.83. The number of aromatic nitrogens is 1. The number of likely N-dealkylation sites (tertiary alicyclic amines) is 1. The Morgan fingerprint density at radius 2 is 2.26 bits per heavy atom. The van der Waals surface area contributed by atoms with E-state index in [1.165, 1.54) is 0 Å². The highest BCUT2D eigenvalue weighted by atomic mass is 16.5. The van der Waals surface area contributed by atoms with Crippen LogP contribution in [0.25, 0.3) is 10.9 Å². The van der Waals surface area contributed by atoms with Gasteiger partial charge in [-0.3, -0.25) is 9.88 Å². The Hall–Kier alpha value is -1.91. The SMILES string of the molecule is C=C[C@@H]1CCCN1[C@H](C)C(O)c1ccnc2ccc(OC)cc12. The van der Waals surface area contributed by atoms with Crippen LogP contribution in [0.4, 0.5) is 0 Å². The van der Waals surface area contributed by atoms with Crippen LogP contribution in [0.15, 0.2) is 43.1 Å². The molecule has 0 amide bonds. The van der Waals surface area contributed by atoms with Gasteiger partial charge < -0.3 is 9.84 Å². The second-order valence-electron chi connectivity index (χ2n) is 6.15. The highest BCUT2D eigenvalue weighted by Gasteiger charge is 2.31. The van der Waals surface area contributed by atoms with Gasteiger partial charge in [0.05, 0.1) is 18.7 Å². The molecule has 1 fully saturated rings. The van der Waals surface area contributed by atoms with Gasteiger partial charge in [-0.1, -0.05) is 6.08 Å². The molecule has 2 heterocycles. The quantitative estimate of drug-likeness (QED) is 0.860.